The normalized spacial score (nSPS) is 24.5. The second-order valence-corrected chi connectivity index (χ2v) is 5.38. The van der Waals surface area contributed by atoms with Crippen LogP contribution in [-0.4, -0.2) is 0 Å². The molecule has 0 N–H and O–H groups in total. The lowest BCUT2D eigenvalue weighted by Gasteiger charge is -2.28. The summed E-state index contributed by atoms with van der Waals surface area (Å²) in [6, 6.07) is 8.85. The van der Waals surface area contributed by atoms with Crippen LogP contribution in [0.25, 0.3) is 0 Å². The maximum atomic E-state index is 5.81. The number of benzene rings is 1. The van der Waals surface area contributed by atoms with Gasteiger partial charge in [0.25, 0.3) is 0 Å². The van der Waals surface area contributed by atoms with Crippen LogP contribution in [0.2, 0.25) is 0 Å². The van der Waals surface area contributed by atoms with Gasteiger partial charge in [0.1, 0.15) is 0 Å². The predicted octanol–water partition coefficient (Wildman–Crippen LogP) is 5.28. The van der Waals surface area contributed by atoms with Crippen LogP contribution in [-0.2, 0) is 5.88 Å². The molecule has 0 bridgehead atoms. The van der Waals surface area contributed by atoms with Gasteiger partial charge in [-0.2, -0.15) is 0 Å². The Morgan fingerprint density at radius 3 is 2.29 bits per heavy atom. The van der Waals surface area contributed by atoms with Crippen molar-refractivity contribution in [3.8, 4) is 0 Å². The van der Waals surface area contributed by atoms with Gasteiger partial charge in [0.15, 0.2) is 0 Å². The summed E-state index contributed by atoms with van der Waals surface area (Å²) in [5.41, 5.74) is 2.71. The number of alkyl halides is 1. The Morgan fingerprint density at radius 2 is 1.76 bits per heavy atom. The van der Waals surface area contributed by atoms with Crippen molar-refractivity contribution >= 4 is 11.6 Å². The topological polar surface area (TPSA) is 0 Å². The Hall–Kier alpha value is -0.750. The van der Waals surface area contributed by atoms with Crippen molar-refractivity contribution in [3.05, 3.63) is 48.0 Å². The fourth-order valence-corrected chi connectivity index (χ4v) is 3.02. The van der Waals surface area contributed by atoms with Gasteiger partial charge in [-0.1, -0.05) is 30.3 Å². The molecule has 92 valence electrons. The van der Waals surface area contributed by atoms with E-state index in [1.807, 2.05) is 0 Å². The molecule has 0 amide bonds. The summed E-state index contributed by atoms with van der Waals surface area (Å²) in [5, 5.41) is 0. The molecule has 0 aromatic heterocycles. The van der Waals surface area contributed by atoms with Gasteiger partial charge in [-0.15, -0.1) is 18.2 Å². The van der Waals surface area contributed by atoms with Crippen LogP contribution in [0.4, 0.5) is 0 Å². The molecule has 1 aromatic carbocycles. The van der Waals surface area contributed by atoms with E-state index in [4.69, 9.17) is 11.6 Å². The maximum absolute atomic E-state index is 5.81. The van der Waals surface area contributed by atoms with Crippen molar-refractivity contribution in [2.75, 3.05) is 0 Å². The van der Waals surface area contributed by atoms with Crippen LogP contribution in [0, 0.1) is 5.92 Å². The molecule has 0 atom stereocenters. The summed E-state index contributed by atoms with van der Waals surface area (Å²) in [6.07, 6.45) is 8.64. The molecule has 1 aromatic rings. The van der Waals surface area contributed by atoms with E-state index in [0.717, 1.165) is 11.8 Å². The average Bonchev–Trinajstić information content (AvgIpc) is 2.40. The number of hydrogen-bond acceptors (Lipinski definition) is 0. The van der Waals surface area contributed by atoms with E-state index in [0.29, 0.717) is 5.88 Å². The van der Waals surface area contributed by atoms with Gasteiger partial charge >= 0.3 is 0 Å². The van der Waals surface area contributed by atoms with Crippen LogP contribution >= 0.6 is 11.6 Å². The molecule has 1 fully saturated rings. The standard InChI is InChI=1S/C16H21Cl/c1-2-3-13-4-8-15(9-5-13)16-10-6-14(12-17)7-11-16/h2,6-7,10-11,13,15H,1,3-5,8-9,12H2/t13-,15-. The summed E-state index contributed by atoms with van der Waals surface area (Å²) >= 11 is 5.81. The molecule has 0 spiro atoms. The Labute approximate surface area is 110 Å². The molecule has 1 aliphatic carbocycles. The molecule has 1 aliphatic rings. The van der Waals surface area contributed by atoms with Gasteiger partial charge in [-0.05, 0) is 55.1 Å². The highest BCUT2D eigenvalue weighted by Crippen LogP contribution is 2.37. The van der Waals surface area contributed by atoms with Crippen molar-refractivity contribution in [2.45, 2.75) is 43.9 Å². The Bertz CT molecular complexity index is 344. The monoisotopic (exact) mass is 248 g/mol. The van der Waals surface area contributed by atoms with Crippen molar-refractivity contribution in [1.82, 2.24) is 0 Å². The van der Waals surface area contributed by atoms with E-state index in [1.165, 1.54) is 43.2 Å². The van der Waals surface area contributed by atoms with Crippen molar-refractivity contribution in [2.24, 2.45) is 5.92 Å². The minimum absolute atomic E-state index is 0.617. The van der Waals surface area contributed by atoms with Crippen LogP contribution in [0.3, 0.4) is 0 Å². The molecule has 0 nitrogen and oxygen atoms in total. The summed E-state index contributed by atoms with van der Waals surface area (Å²) in [7, 11) is 0. The lowest BCUT2D eigenvalue weighted by molar-refractivity contribution is 0.328. The van der Waals surface area contributed by atoms with E-state index in [9.17, 15) is 0 Å². The smallest absolute Gasteiger partial charge is 0.0474 e. The molecule has 0 aliphatic heterocycles. The summed E-state index contributed by atoms with van der Waals surface area (Å²) in [5.74, 6) is 2.26. The average molecular weight is 249 g/mol. The van der Waals surface area contributed by atoms with Gasteiger partial charge in [0, 0.05) is 5.88 Å². The van der Waals surface area contributed by atoms with Crippen LogP contribution in [0.1, 0.15) is 49.1 Å². The van der Waals surface area contributed by atoms with Gasteiger partial charge in [0.05, 0.1) is 0 Å². The molecular formula is C16H21Cl. The highest BCUT2D eigenvalue weighted by atomic mass is 35.5. The first-order chi connectivity index (χ1) is 8.33. The minimum Gasteiger partial charge on any atom is -0.122 e. The van der Waals surface area contributed by atoms with E-state index in [-0.39, 0.29) is 0 Å². The van der Waals surface area contributed by atoms with Crippen LogP contribution in [0.15, 0.2) is 36.9 Å². The molecule has 1 heteroatoms. The third kappa shape index (κ3) is 3.35. The van der Waals surface area contributed by atoms with Crippen molar-refractivity contribution in [3.63, 3.8) is 0 Å². The second-order valence-electron chi connectivity index (χ2n) is 5.12. The lowest BCUT2D eigenvalue weighted by atomic mass is 9.77. The zero-order valence-electron chi connectivity index (χ0n) is 10.4. The van der Waals surface area contributed by atoms with Crippen molar-refractivity contribution in [1.29, 1.82) is 0 Å². The summed E-state index contributed by atoms with van der Waals surface area (Å²) < 4.78 is 0. The molecule has 1 saturated carbocycles. The fraction of sp³-hybridized carbons (Fsp3) is 0.500. The first-order valence-corrected chi connectivity index (χ1v) is 7.12. The number of allylic oxidation sites excluding steroid dienone is 1. The quantitative estimate of drug-likeness (QED) is 0.503. The van der Waals surface area contributed by atoms with Crippen molar-refractivity contribution < 1.29 is 0 Å². The third-order valence-electron chi connectivity index (χ3n) is 3.95. The van der Waals surface area contributed by atoms with E-state index in [2.05, 4.69) is 36.9 Å². The van der Waals surface area contributed by atoms with E-state index >= 15 is 0 Å². The second kappa shape index (κ2) is 6.26. The fourth-order valence-electron chi connectivity index (χ4n) is 2.85. The van der Waals surface area contributed by atoms with E-state index < -0.39 is 0 Å². The summed E-state index contributed by atoms with van der Waals surface area (Å²) in [6.45, 7) is 3.84. The Kier molecular flexibility index (Phi) is 4.67. The lowest BCUT2D eigenvalue weighted by Crippen LogP contribution is -2.12. The molecule has 0 heterocycles. The number of halogens is 1. The molecule has 0 saturated heterocycles. The van der Waals surface area contributed by atoms with E-state index in [1.54, 1.807) is 0 Å². The Morgan fingerprint density at radius 1 is 1.12 bits per heavy atom. The molecule has 2 rings (SSSR count). The highest BCUT2D eigenvalue weighted by molar-refractivity contribution is 6.17. The van der Waals surface area contributed by atoms with Crippen LogP contribution in [0.5, 0.6) is 0 Å². The number of rotatable bonds is 4. The first kappa shape index (κ1) is 12.7. The van der Waals surface area contributed by atoms with Gasteiger partial charge < -0.3 is 0 Å². The van der Waals surface area contributed by atoms with Gasteiger partial charge in [-0.25, -0.2) is 0 Å². The highest BCUT2D eigenvalue weighted by Gasteiger charge is 2.21. The minimum atomic E-state index is 0.617. The first-order valence-electron chi connectivity index (χ1n) is 6.59. The molecule has 17 heavy (non-hydrogen) atoms. The zero-order chi connectivity index (χ0) is 12.1. The molecule has 0 unspecified atom stereocenters. The molecular weight excluding hydrogens is 228 g/mol. The molecule has 0 radical (unpaired) electrons. The SMILES string of the molecule is C=CC[C@H]1CC[C@H](c2ccc(CCl)cc2)CC1. The third-order valence-corrected chi connectivity index (χ3v) is 4.26. The van der Waals surface area contributed by atoms with Gasteiger partial charge in [-0.3, -0.25) is 0 Å². The summed E-state index contributed by atoms with van der Waals surface area (Å²) in [4.78, 5) is 0. The Balaban J connectivity index is 1.93. The zero-order valence-corrected chi connectivity index (χ0v) is 11.1. The number of hydrogen-bond donors (Lipinski definition) is 0. The largest absolute Gasteiger partial charge is 0.122 e. The predicted molar refractivity (Wildman–Crippen MR) is 75.5 cm³/mol. The van der Waals surface area contributed by atoms with Gasteiger partial charge in [0.2, 0.25) is 0 Å². The van der Waals surface area contributed by atoms with Crippen LogP contribution < -0.4 is 0 Å². The maximum Gasteiger partial charge on any atom is 0.0474 e.